The number of amides is 1. The summed E-state index contributed by atoms with van der Waals surface area (Å²) in [4.78, 5) is 25.3. The Labute approximate surface area is 162 Å². The van der Waals surface area contributed by atoms with E-state index in [1.54, 1.807) is 23.0 Å². The van der Waals surface area contributed by atoms with Crippen molar-refractivity contribution in [2.24, 2.45) is 0 Å². The van der Waals surface area contributed by atoms with Crippen LogP contribution in [0.5, 0.6) is 0 Å². The molecule has 1 amide bonds. The number of rotatable bonds is 4. The summed E-state index contributed by atoms with van der Waals surface area (Å²) in [5.74, 6) is -0.247. The molecule has 0 aliphatic carbocycles. The lowest BCUT2D eigenvalue weighted by Crippen LogP contribution is -2.28. The van der Waals surface area contributed by atoms with Gasteiger partial charge in [-0.2, -0.15) is 5.10 Å². The van der Waals surface area contributed by atoms with Crippen LogP contribution in [0.3, 0.4) is 0 Å². The zero-order valence-corrected chi connectivity index (χ0v) is 15.7. The van der Waals surface area contributed by atoms with Crippen molar-refractivity contribution >= 4 is 17.1 Å². The molecule has 1 N–H and O–H groups in total. The topological polar surface area (TPSA) is 68.4 Å². The van der Waals surface area contributed by atoms with E-state index < -0.39 is 0 Å². The third kappa shape index (κ3) is 3.44. The number of carbonyl (C=O) groups is 1. The summed E-state index contributed by atoms with van der Waals surface area (Å²) in [6.07, 6.45) is 3.27. The fourth-order valence-corrected chi connectivity index (χ4v) is 3.12. The Morgan fingerprint density at radius 3 is 2.61 bits per heavy atom. The molecule has 0 saturated heterocycles. The number of anilines is 1. The maximum Gasteiger partial charge on any atom is 0.277 e. The standard InChI is InChI=1S/C22H20N4O2/c1-15-8-9-16(2)18(12-15)23-21(27)14-25-10-11-26-20(22(25)28)13-19(24-26)17-6-4-3-5-7-17/h3-13H,14H2,1-2H3,(H,23,27). The Morgan fingerprint density at radius 1 is 1.04 bits per heavy atom. The summed E-state index contributed by atoms with van der Waals surface area (Å²) in [6.45, 7) is 3.84. The number of benzene rings is 2. The van der Waals surface area contributed by atoms with Crippen LogP contribution in [-0.2, 0) is 11.3 Å². The van der Waals surface area contributed by atoms with Crippen LogP contribution in [0.15, 0.2) is 71.8 Å². The van der Waals surface area contributed by atoms with E-state index in [4.69, 9.17) is 0 Å². The van der Waals surface area contributed by atoms with Crippen molar-refractivity contribution in [3.63, 3.8) is 0 Å². The second-order valence-electron chi connectivity index (χ2n) is 6.82. The van der Waals surface area contributed by atoms with Crippen LogP contribution in [0.4, 0.5) is 5.69 Å². The first-order valence-corrected chi connectivity index (χ1v) is 9.02. The average Bonchev–Trinajstić information content (AvgIpc) is 3.13. The van der Waals surface area contributed by atoms with Crippen molar-refractivity contribution in [2.75, 3.05) is 5.32 Å². The molecule has 0 saturated carbocycles. The Kier molecular flexibility index (Phi) is 4.53. The molecule has 0 bridgehead atoms. The number of aromatic nitrogens is 3. The van der Waals surface area contributed by atoms with Gasteiger partial charge in [0.05, 0.1) is 5.69 Å². The quantitative estimate of drug-likeness (QED) is 0.597. The normalized spacial score (nSPS) is 10.9. The van der Waals surface area contributed by atoms with Crippen molar-refractivity contribution in [1.29, 1.82) is 0 Å². The van der Waals surface area contributed by atoms with Crippen LogP contribution in [0.1, 0.15) is 11.1 Å². The van der Waals surface area contributed by atoms with Crippen LogP contribution in [-0.4, -0.2) is 20.1 Å². The molecule has 140 valence electrons. The molecule has 28 heavy (non-hydrogen) atoms. The van der Waals surface area contributed by atoms with Gasteiger partial charge in [-0.25, -0.2) is 4.52 Å². The Morgan fingerprint density at radius 2 is 1.82 bits per heavy atom. The zero-order valence-electron chi connectivity index (χ0n) is 15.7. The minimum absolute atomic E-state index is 0.0609. The number of carbonyl (C=O) groups excluding carboxylic acids is 1. The maximum absolute atomic E-state index is 12.8. The largest absolute Gasteiger partial charge is 0.324 e. The number of hydrogen-bond donors (Lipinski definition) is 1. The molecule has 2 aromatic carbocycles. The lowest BCUT2D eigenvalue weighted by atomic mass is 10.1. The fraction of sp³-hybridized carbons (Fsp3) is 0.136. The van der Waals surface area contributed by atoms with Crippen LogP contribution in [0, 0.1) is 13.8 Å². The number of aryl methyl sites for hydroxylation is 2. The van der Waals surface area contributed by atoms with E-state index in [9.17, 15) is 9.59 Å². The van der Waals surface area contributed by atoms with Gasteiger partial charge in [-0.05, 0) is 37.1 Å². The molecule has 0 aliphatic rings. The van der Waals surface area contributed by atoms with E-state index in [1.165, 1.54) is 4.57 Å². The molecular weight excluding hydrogens is 352 g/mol. The molecule has 0 radical (unpaired) electrons. The molecule has 6 nitrogen and oxygen atoms in total. The monoisotopic (exact) mass is 372 g/mol. The van der Waals surface area contributed by atoms with E-state index in [0.717, 1.165) is 28.1 Å². The summed E-state index contributed by atoms with van der Waals surface area (Å²) in [6, 6.07) is 17.3. The summed E-state index contributed by atoms with van der Waals surface area (Å²) in [7, 11) is 0. The Balaban J connectivity index is 1.60. The van der Waals surface area contributed by atoms with Gasteiger partial charge in [0.25, 0.3) is 5.56 Å². The molecule has 0 unspecified atom stereocenters. The maximum atomic E-state index is 12.8. The first-order chi connectivity index (χ1) is 13.5. The van der Waals surface area contributed by atoms with Crippen molar-refractivity contribution in [1.82, 2.24) is 14.2 Å². The van der Waals surface area contributed by atoms with E-state index in [-0.39, 0.29) is 18.0 Å². The number of nitrogens with one attached hydrogen (secondary N) is 1. The number of fused-ring (bicyclic) bond motifs is 1. The molecule has 6 heteroatoms. The van der Waals surface area contributed by atoms with Gasteiger partial charge < -0.3 is 9.88 Å². The van der Waals surface area contributed by atoms with E-state index in [1.807, 2.05) is 62.4 Å². The van der Waals surface area contributed by atoms with Crippen LogP contribution in [0.2, 0.25) is 0 Å². The summed E-state index contributed by atoms with van der Waals surface area (Å²) in [5.41, 5.74) is 4.63. The van der Waals surface area contributed by atoms with Crippen molar-refractivity contribution < 1.29 is 4.79 Å². The smallest absolute Gasteiger partial charge is 0.277 e. The van der Waals surface area contributed by atoms with Gasteiger partial charge >= 0.3 is 0 Å². The number of hydrogen-bond acceptors (Lipinski definition) is 3. The minimum Gasteiger partial charge on any atom is -0.324 e. The van der Waals surface area contributed by atoms with Gasteiger partial charge in [0.15, 0.2) is 0 Å². The van der Waals surface area contributed by atoms with Crippen LogP contribution in [0.25, 0.3) is 16.8 Å². The second kappa shape index (κ2) is 7.15. The zero-order chi connectivity index (χ0) is 19.7. The lowest BCUT2D eigenvalue weighted by Gasteiger charge is -2.10. The predicted molar refractivity (Wildman–Crippen MR) is 109 cm³/mol. The highest BCUT2D eigenvalue weighted by Gasteiger charge is 2.12. The van der Waals surface area contributed by atoms with Crippen LogP contribution >= 0.6 is 0 Å². The SMILES string of the molecule is Cc1ccc(C)c(NC(=O)Cn2ccn3nc(-c4ccccc4)cc3c2=O)c1. The van der Waals surface area contributed by atoms with Crippen LogP contribution < -0.4 is 10.9 Å². The predicted octanol–water partition coefficient (Wildman–Crippen LogP) is 3.42. The molecule has 4 rings (SSSR count). The van der Waals surface area contributed by atoms with Gasteiger partial charge in [0, 0.05) is 23.6 Å². The molecule has 2 heterocycles. The third-order valence-electron chi connectivity index (χ3n) is 4.65. The van der Waals surface area contributed by atoms with E-state index in [2.05, 4.69) is 10.4 Å². The fourth-order valence-electron chi connectivity index (χ4n) is 3.12. The highest BCUT2D eigenvalue weighted by atomic mass is 16.2. The minimum atomic E-state index is -0.256. The second-order valence-corrected chi connectivity index (χ2v) is 6.82. The Bertz CT molecular complexity index is 1220. The van der Waals surface area contributed by atoms with E-state index in [0.29, 0.717) is 5.52 Å². The molecule has 0 fully saturated rings. The molecule has 2 aromatic heterocycles. The molecule has 0 atom stereocenters. The molecule has 4 aromatic rings. The number of nitrogens with zero attached hydrogens (tertiary/aromatic N) is 3. The Hall–Kier alpha value is -3.67. The average molecular weight is 372 g/mol. The summed E-state index contributed by atoms with van der Waals surface area (Å²) < 4.78 is 2.94. The summed E-state index contributed by atoms with van der Waals surface area (Å²) >= 11 is 0. The van der Waals surface area contributed by atoms with Crippen molar-refractivity contribution in [3.05, 3.63) is 88.5 Å². The first-order valence-electron chi connectivity index (χ1n) is 9.02. The van der Waals surface area contributed by atoms with Crippen molar-refractivity contribution in [2.45, 2.75) is 20.4 Å². The lowest BCUT2D eigenvalue weighted by molar-refractivity contribution is -0.116. The van der Waals surface area contributed by atoms with Gasteiger partial charge in [-0.3, -0.25) is 9.59 Å². The highest BCUT2D eigenvalue weighted by molar-refractivity contribution is 5.91. The summed E-state index contributed by atoms with van der Waals surface area (Å²) in [5, 5.41) is 7.34. The van der Waals surface area contributed by atoms with Gasteiger partial charge in [-0.1, -0.05) is 42.5 Å². The molecular formula is C22H20N4O2. The highest BCUT2D eigenvalue weighted by Crippen LogP contribution is 2.18. The van der Waals surface area contributed by atoms with E-state index >= 15 is 0 Å². The molecule has 0 aliphatic heterocycles. The van der Waals surface area contributed by atoms with Gasteiger partial charge in [-0.15, -0.1) is 0 Å². The first kappa shape index (κ1) is 17.7. The molecule has 0 spiro atoms. The van der Waals surface area contributed by atoms with Gasteiger partial charge in [0.2, 0.25) is 5.91 Å². The third-order valence-corrected chi connectivity index (χ3v) is 4.65. The van der Waals surface area contributed by atoms with Crippen molar-refractivity contribution in [3.8, 4) is 11.3 Å². The van der Waals surface area contributed by atoms with Gasteiger partial charge in [0.1, 0.15) is 12.1 Å².